The molecule has 2 N–H and O–H groups in total. The zero-order valence-electron chi connectivity index (χ0n) is 14.9. The fourth-order valence-corrected chi connectivity index (χ4v) is 2.42. The second-order valence-corrected chi connectivity index (χ2v) is 5.82. The van der Waals surface area contributed by atoms with E-state index in [0.717, 1.165) is 5.56 Å². The highest BCUT2D eigenvalue weighted by Gasteiger charge is 2.17. The molecule has 0 fully saturated rings. The number of furan rings is 1. The van der Waals surface area contributed by atoms with Crippen LogP contribution in [-0.4, -0.2) is 24.4 Å². The lowest BCUT2D eigenvalue weighted by Crippen LogP contribution is -2.28. The molecule has 0 aliphatic carbocycles. The minimum Gasteiger partial charge on any atom is -0.459 e. The van der Waals surface area contributed by atoms with Gasteiger partial charge in [-0.25, -0.2) is 4.79 Å². The first-order chi connectivity index (χ1) is 13.6. The van der Waals surface area contributed by atoms with Crippen LogP contribution in [0.1, 0.15) is 26.5 Å². The van der Waals surface area contributed by atoms with Gasteiger partial charge in [-0.15, -0.1) is 0 Å². The molecule has 3 rings (SSSR count). The van der Waals surface area contributed by atoms with Crippen LogP contribution in [0.2, 0.25) is 0 Å². The Labute approximate surface area is 161 Å². The Balaban J connectivity index is 1.55. The third-order valence-electron chi connectivity index (χ3n) is 3.81. The number of carbonyl (C=O) groups excluding carboxylic acids is 3. The molecule has 2 aromatic carbocycles. The third-order valence-corrected chi connectivity index (χ3v) is 3.81. The number of ether oxygens (including phenoxy) is 1. The summed E-state index contributed by atoms with van der Waals surface area (Å²) in [6.07, 6.45) is 1.38. The van der Waals surface area contributed by atoms with Gasteiger partial charge in [-0.3, -0.25) is 9.59 Å². The number of carbonyl (C=O) groups is 3. The second kappa shape index (κ2) is 9.18. The van der Waals surface area contributed by atoms with E-state index in [2.05, 4.69) is 10.6 Å². The monoisotopic (exact) mass is 378 g/mol. The number of benzene rings is 2. The Morgan fingerprint density at radius 1 is 0.893 bits per heavy atom. The number of amides is 2. The van der Waals surface area contributed by atoms with E-state index in [0.29, 0.717) is 6.54 Å². The number of rotatable bonds is 7. The average molecular weight is 378 g/mol. The van der Waals surface area contributed by atoms with Gasteiger partial charge in [0.05, 0.1) is 17.5 Å². The summed E-state index contributed by atoms with van der Waals surface area (Å²) < 4.78 is 10.1. The summed E-state index contributed by atoms with van der Waals surface area (Å²) in [7, 11) is 0. The summed E-state index contributed by atoms with van der Waals surface area (Å²) in [5.74, 6) is -1.52. The number of nitrogens with one attached hydrogen (secondary N) is 2. The SMILES string of the molecule is O=C(COC(=O)c1ccccc1NC(=O)c1ccco1)NCc1ccccc1. The van der Waals surface area contributed by atoms with Crippen LogP contribution >= 0.6 is 0 Å². The van der Waals surface area contributed by atoms with Gasteiger partial charge in [0, 0.05) is 6.54 Å². The van der Waals surface area contributed by atoms with Crippen molar-refractivity contribution in [2.24, 2.45) is 0 Å². The molecule has 0 aliphatic rings. The molecule has 0 unspecified atom stereocenters. The van der Waals surface area contributed by atoms with Gasteiger partial charge in [-0.05, 0) is 29.8 Å². The van der Waals surface area contributed by atoms with E-state index in [1.165, 1.54) is 18.4 Å². The lowest BCUT2D eigenvalue weighted by Gasteiger charge is -2.10. The van der Waals surface area contributed by atoms with Crippen molar-refractivity contribution >= 4 is 23.5 Å². The van der Waals surface area contributed by atoms with Crippen LogP contribution in [0.4, 0.5) is 5.69 Å². The Kier molecular flexibility index (Phi) is 6.20. The fraction of sp³-hybridized carbons (Fsp3) is 0.0952. The Bertz CT molecular complexity index is 952. The first kappa shape index (κ1) is 18.9. The molecule has 0 saturated heterocycles. The number of esters is 1. The maximum absolute atomic E-state index is 12.3. The molecular weight excluding hydrogens is 360 g/mol. The average Bonchev–Trinajstić information content (AvgIpc) is 3.27. The molecule has 0 saturated carbocycles. The summed E-state index contributed by atoms with van der Waals surface area (Å²) in [5.41, 5.74) is 1.34. The van der Waals surface area contributed by atoms with E-state index < -0.39 is 24.4 Å². The highest BCUT2D eigenvalue weighted by Crippen LogP contribution is 2.17. The largest absolute Gasteiger partial charge is 0.459 e. The molecule has 0 spiro atoms. The lowest BCUT2D eigenvalue weighted by molar-refractivity contribution is -0.124. The van der Waals surface area contributed by atoms with Crippen LogP contribution in [-0.2, 0) is 16.1 Å². The Morgan fingerprint density at radius 2 is 1.64 bits per heavy atom. The van der Waals surface area contributed by atoms with Crippen molar-refractivity contribution in [2.75, 3.05) is 11.9 Å². The number of hydrogen-bond acceptors (Lipinski definition) is 5. The van der Waals surface area contributed by atoms with Crippen LogP contribution in [0.3, 0.4) is 0 Å². The smallest absolute Gasteiger partial charge is 0.340 e. The van der Waals surface area contributed by atoms with Crippen molar-refractivity contribution in [3.05, 3.63) is 89.9 Å². The molecule has 0 bridgehead atoms. The zero-order chi connectivity index (χ0) is 19.8. The predicted molar refractivity (Wildman–Crippen MR) is 102 cm³/mol. The van der Waals surface area contributed by atoms with E-state index in [1.807, 2.05) is 30.3 Å². The number of hydrogen-bond donors (Lipinski definition) is 2. The maximum atomic E-state index is 12.3. The quantitative estimate of drug-likeness (QED) is 0.616. The van der Waals surface area contributed by atoms with Crippen molar-refractivity contribution in [3.63, 3.8) is 0 Å². The molecule has 0 atom stereocenters. The van der Waals surface area contributed by atoms with E-state index in [9.17, 15) is 14.4 Å². The molecule has 28 heavy (non-hydrogen) atoms. The molecular formula is C21H18N2O5. The van der Waals surface area contributed by atoms with Crippen LogP contribution in [0.25, 0.3) is 0 Å². The van der Waals surface area contributed by atoms with Gasteiger partial charge in [0.2, 0.25) is 0 Å². The summed E-state index contributed by atoms with van der Waals surface area (Å²) in [5, 5.41) is 5.27. The van der Waals surface area contributed by atoms with E-state index in [1.54, 1.807) is 24.3 Å². The molecule has 7 heteroatoms. The second-order valence-electron chi connectivity index (χ2n) is 5.82. The first-order valence-electron chi connectivity index (χ1n) is 8.55. The van der Waals surface area contributed by atoms with Crippen LogP contribution in [0, 0.1) is 0 Å². The fourth-order valence-electron chi connectivity index (χ4n) is 2.42. The van der Waals surface area contributed by atoms with Crippen molar-refractivity contribution < 1.29 is 23.5 Å². The van der Waals surface area contributed by atoms with Gasteiger partial charge in [-0.2, -0.15) is 0 Å². The standard InChI is InChI=1S/C21H18N2O5/c24-19(22-13-15-7-2-1-3-8-15)14-28-21(26)16-9-4-5-10-17(16)23-20(25)18-11-6-12-27-18/h1-12H,13-14H2,(H,22,24)(H,23,25). The third kappa shape index (κ3) is 5.07. The molecule has 7 nitrogen and oxygen atoms in total. The minimum atomic E-state index is -0.717. The molecule has 0 radical (unpaired) electrons. The highest BCUT2D eigenvalue weighted by molar-refractivity contribution is 6.06. The van der Waals surface area contributed by atoms with Gasteiger partial charge in [0.1, 0.15) is 0 Å². The van der Waals surface area contributed by atoms with Gasteiger partial charge in [-0.1, -0.05) is 42.5 Å². The highest BCUT2D eigenvalue weighted by atomic mass is 16.5. The zero-order valence-corrected chi connectivity index (χ0v) is 14.9. The summed E-state index contributed by atoms with van der Waals surface area (Å²) >= 11 is 0. The normalized spacial score (nSPS) is 10.1. The van der Waals surface area contributed by atoms with Crippen molar-refractivity contribution in [1.29, 1.82) is 0 Å². The van der Waals surface area contributed by atoms with E-state index in [-0.39, 0.29) is 17.0 Å². The lowest BCUT2D eigenvalue weighted by atomic mass is 10.1. The Morgan fingerprint density at radius 3 is 2.39 bits per heavy atom. The Hall–Kier alpha value is -3.87. The van der Waals surface area contributed by atoms with E-state index >= 15 is 0 Å². The molecule has 2 amide bonds. The van der Waals surface area contributed by atoms with Crippen molar-refractivity contribution in [2.45, 2.75) is 6.54 Å². The maximum Gasteiger partial charge on any atom is 0.340 e. The summed E-state index contributed by atoms with van der Waals surface area (Å²) in [6, 6.07) is 18.8. The summed E-state index contributed by atoms with van der Waals surface area (Å²) in [6.45, 7) is -0.0842. The van der Waals surface area contributed by atoms with Crippen molar-refractivity contribution in [1.82, 2.24) is 5.32 Å². The summed E-state index contributed by atoms with van der Waals surface area (Å²) in [4.78, 5) is 36.3. The van der Waals surface area contributed by atoms with Gasteiger partial charge < -0.3 is 19.8 Å². The van der Waals surface area contributed by atoms with Crippen LogP contribution < -0.4 is 10.6 Å². The van der Waals surface area contributed by atoms with E-state index in [4.69, 9.17) is 9.15 Å². The van der Waals surface area contributed by atoms with Gasteiger partial charge in [0.15, 0.2) is 12.4 Å². The van der Waals surface area contributed by atoms with Crippen molar-refractivity contribution in [3.8, 4) is 0 Å². The van der Waals surface area contributed by atoms with Gasteiger partial charge >= 0.3 is 5.97 Å². The number of para-hydroxylation sites is 1. The molecule has 3 aromatic rings. The first-order valence-corrected chi connectivity index (χ1v) is 8.55. The minimum absolute atomic E-state index is 0.114. The molecule has 1 aromatic heterocycles. The molecule has 1 heterocycles. The van der Waals surface area contributed by atoms with Crippen LogP contribution in [0.5, 0.6) is 0 Å². The number of anilines is 1. The predicted octanol–water partition coefficient (Wildman–Crippen LogP) is 3.01. The van der Waals surface area contributed by atoms with Gasteiger partial charge in [0.25, 0.3) is 11.8 Å². The topological polar surface area (TPSA) is 97.6 Å². The molecule has 142 valence electrons. The van der Waals surface area contributed by atoms with Crippen LogP contribution in [0.15, 0.2) is 77.4 Å². The molecule has 0 aliphatic heterocycles.